The van der Waals surface area contributed by atoms with E-state index < -0.39 is 26.0 Å². The van der Waals surface area contributed by atoms with Gasteiger partial charge < -0.3 is 5.32 Å². The summed E-state index contributed by atoms with van der Waals surface area (Å²) in [6, 6.07) is 11.1. The fourth-order valence-corrected chi connectivity index (χ4v) is 6.48. The SMILES string of the molecule is C=CCNS(=O)(=O)Cc1ccc(NC(=O)c2ccc(C)c(S(=O)(=O)N3CCCCC3)c2)cc1. The maximum absolute atomic E-state index is 13.1. The van der Waals surface area contributed by atoms with Crippen LogP contribution in [-0.2, 0) is 25.8 Å². The Morgan fingerprint density at radius 3 is 2.33 bits per heavy atom. The molecule has 1 fully saturated rings. The maximum atomic E-state index is 13.1. The number of rotatable bonds is 9. The number of nitrogens with one attached hydrogen (secondary N) is 2. The van der Waals surface area contributed by atoms with Crippen molar-refractivity contribution in [3.05, 3.63) is 71.8 Å². The molecule has 1 aliphatic rings. The average molecular weight is 492 g/mol. The first-order valence-corrected chi connectivity index (χ1v) is 13.8. The highest BCUT2D eigenvalue weighted by molar-refractivity contribution is 7.89. The summed E-state index contributed by atoms with van der Waals surface area (Å²) in [6.45, 7) is 6.33. The van der Waals surface area contributed by atoms with Crippen LogP contribution >= 0.6 is 0 Å². The molecular formula is C23H29N3O5S2. The second kappa shape index (κ2) is 10.6. The van der Waals surface area contributed by atoms with Gasteiger partial charge in [0.1, 0.15) is 0 Å². The van der Waals surface area contributed by atoms with E-state index in [2.05, 4.69) is 16.6 Å². The van der Waals surface area contributed by atoms with Gasteiger partial charge in [-0.05, 0) is 55.2 Å². The number of nitrogens with zero attached hydrogens (tertiary/aromatic N) is 1. The molecule has 0 bridgehead atoms. The number of anilines is 1. The van der Waals surface area contributed by atoms with Gasteiger partial charge in [-0.15, -0.1) is 6.58 Å². The molecule has 1 amide bonds. The number of hydrogen-bond acceptors (Lipinski definition) is 5. The highest BCUT2D eigenvalue weighted by atomic mass is 32.2. The number of benzene rings is 2. The Balaban J connectivity index is 1.73. The van der Waals surface area contributed by atoms with E-state index in [0.29, 0.717) is 29.9 Å². The van der Waals surface area contributed by atoms with Crippen molar-refractivity contribution in [3.63, 3.8) is 0 Å². The maximum Gasteiger partial charge on any atom is 0.255 e. The fraction of sp³-hybridized carbons (Fsp3) is 0.348. The van der Waals surface area contributed by atoms with E-state index in [0.717, 1.165) is 19.3 Å². The summed E-state index contributed by atoms with van der Waals surface area (Å²) < 4.78 is 54.0. The van der Waals surface area contributed by atoms with E-state index in [4.69, 9.17) is 0 Å². The van der Waals surface area contributed by atoms with E-state index in [1.54, 1.807) is 43.3 Å². The highest BCUT2D eigenvalue weighted by Crippen LogP contribution is 2.25. The number of hydrogen-bond donors (Lipinski definition) is 2. The summed E-state index contributed by atoms with van der Waals surface area (Å²) in [5.41, 5.74) is 1.86. The molecule has 1 aliphatic heterocycles. The molecule has 2 aromatic carbocycles. The van der Waals surface area contributed by atoms with Gasteiger partial charge in [-0.2, -0.15) is 4.31 Å². The Bertz CT molecular complexity index is 1220. The second-order valence-electron chi connectivity index (χ2n) is 7.99. The lowest BCUT2D eigenvalue weighted by Crippen LogP contribution is -2.36. The molecule has 10 heteroatoms. The van der Waals surface area contributed by atoms with Crippen LogP contribution < -0.4 is 10.0 Å². The molecule has 0 aromatic heterocycles. The Morgan fingerprint density at radius 2 is 1.70 bits per heavy atom. The zero-order valence-electron chi connectivity index (χ0n) is 18.6. The Morgan fingerprint density at radius 1 is 1.03 bits per heavy atom. The number of aryl methyl sites for hydroxylation is 1. The molecule has 0 unspecified atom stereocenters. The lowest BCUT2D eigenvalue weighted by atomic mass is 10.1. The molecule has 0 atom stereocenters. The van der Waals surface area contributed by atoms with Crippen LogP contribution in [0.1, 0.15) is 40.7 Å². The van der Waals surface area contributed by atoms with Crippen LogP contribution in [-0.4, -0.2) is 46.7 Å². The molecule has 8 nitrogen and oxygen atoms in total. The fourth-order valence-electron chi connectivity index (χ4n) is 3.61. The van der Waals surface area contributed by atoms with Crippen molar-refractivity contribution in [2.75, 3.05) is 25.0 Å². The van der Waals surface area contributed by atoms with Gasteiger partial charge in [0.25, 0.3) is 5.91 Å². The molecule has 2 N–H and O–H groups in total. The predicted octanol–water partition coefficient (Wildman–Crippen LogP) is 3.03. The summed E-state index contributed by atoms with van der Waals surface area (Å²) in [4.78, 5) is 12.9. The minimum atomic E-state index is -3.67. The molecule has 1 heterocycles. The quantitative estimate of drug-likeness (QED) is 0.524. The first-order chi connectivity index (χ1) is 15.6. The molecule has 0 saturated carbocycles. The number of amides is 1. The van der Waals surface area contributed by atoms with Crippen LogP contribution in [0.2, 0.25) is 0 Å². The van der Waals surface area contributed by atoms with Gasteiger partial charge in [0.05, 0.1) is 10.6 Å². The topological polar surface area (TPSA) is 113 Å². The third-order valence-corrected chi connectivity index (χ3v) is 8.76. The molecule has 2 aromatic rings. The van der Waals surface area contributed by atoms with Gasteiger partial charge in [0, 0.05) is 30.9 Å². The van der Waals surface area contributed by atoms with Gasteiger partial charge in [0.2, 0.25) is 20.0 Å². The molecule has 3 rings (SSSR count). The minimum absolute atomic E-state index is 0.143. The zero-order valence-corrected chi connectivity index (χ0v) is 20.2. The van der Waals surface area contributed by atoms with E-state index in [-0.39, 0.29) is 22.8 Å². The van der Waals surface area contributed by atoms with E-state index in [1.807, 2.05) is 0 Å². The predicted molar refractivity (Wildman–Crippen MR) is 129 cm³/mol. The number of sulfonamides is 2. The van der Waals surface area contributed by atoms with Crippen LogP contribution in [0.4, 0.5) is 5.69 Å². The Labute approximate surface area is 195 Å². The van der Waals surface area contributed by atoms with Gasteiger partial charge in [-0.3, -0.25) is 4.79 Å². The molecule has 0 aliphatic carbocycles. The third-order valence-electron chi connectivity index (χ3n) is 5.40. The first-order valence-electron chi connectivity index (χ1n) is 10.7. The van der Waals surface area contributed by atoms with Gasteiger partial charge >= 0.3 is 0 Å². The summed E-state index contributed by atoms with van der Waals surface area (Å²) in [5.74, 6) is -0.636. The summed E-state index contributed by atoms with van der Waals surface area (Å²) >= 11 is 0. The van der Waals surface area contributed by atoms with Gasteiger partial charge in [0.15, 0.2) is 0 Å². The van der Waals surface area contributed by atoms with Gasteiger partial charge in [-0.25, -0.2) is 21.6 Å². The Hall–Kier alpha value is -2.53. The normalized spacial score (nSPS) is 15.2. The number of piperidine rings is 1. The van der Waals surface area contributed by atoms with Crippen molar-refractivity contribution < 1.29 is 21.6 Å². The zero-order chi connectivity index (χ0) is 24.1. The summed E-state index contributed by atoms with van der Waals surface area (Å²) in [6.07, 6.45) is 4.15. The van der Waals surface area contributed by atoms with Crippen molar-refractivity contribution in [3.8, 4) is 0 Å². The van der Waals surface area contributed by atoms with E-state index in [9.17, 15) is 21.6 Å². The van der Waals surface area contributed by atoms with Crippen molar-refractivity contribution in [1.29, 1.82) is 0 Å². The molecule has 178 valence electrons. The lowest BCUT2D eigenvalue weighted by Gasteiger charge is -2.26. The first kappa shape index (κ1) is 25.1. The lowest BCUT2D eigenvalue weighted by molar-refractivity contribution is 0.102. The number of carbonyl (C=O) groups is 1. The molecule has 33 heavy (non-hydrogen) atoms. The largest absolute Gasteiger partial charge is 0.322 e. The summed E-state index contributed by atoms with van der Waals surface area (Å²) in [5, 5.41) is 2.73. The van der Waals surface area contributed by atoms with Crippen LogP contribution in [0.15, 0.2) is 60.0 Å². The monoisotopic (exact) mass is 491 g/mol. The summed E-state index contributed by atoms with van der Waals surface area (Å²) in [7, 11) is -7.14. The number of carbonyl (C=O) groups excluding carboxylic acids is 1. The van der Waals surface area contributed by atoms with Crippen molar-refractivity contribution in [2.24, 2.45) is 0 Å². The van der Waals surface area contributed by atoms with Crippen molar-refractivity contribution in [2.45, 2.75) is 36.8 Å². The average Bonchev–Trinajstić information content (AvgIpc) is 2.79. The smallest absolute Gasteiger partial charge is 0.255 e. The minimum Gasteiger partial charge on any atom is -0.322 e. The molecule has 0 spiro atoms. The van der Waals surface area contributed by atoms with Crippen LogP contribution in [0, 0.1) is 6.92 Å². The van der Waals surface area contributed by atoms with E-state index in [1.165, 1.54) is 16.4 Å². The van der Waals surface area contributed by atoms with Crippen LogP contribution in [0.3, 0.4) is 0 Å². The van der Waals surface area contributed by atoms with Crippen molar-refractivity contribution in [1.82, 2.24) is 9.03 Å². The highest BCUT2D eigenvalue weighted by Gasteiger charge is 2.28. The second-order valence-corrected chi connectivity index (χ2v) is 11.7. The van der Waals surface area contributed by atoms with Crippen LogP contribution in [0.5, 0.6) is 0 Å². The molecule has 0 radical (unpaired) electrons. The Kier molecular flexibility index (Phi) is 8.06. The third kappa shape index (κ3) is 6.50. The van der Waals surface area contributed by atoms with Crippen molar-refractivity contribution >= 4 is 31.6 Å². The standard InChI is InChI=1S/C23H29N3O5S2/c1-3-13-24-32(28,29)17-19-8-11-21(12-9-19)25-23(27)20-10-7-18(2)22(16-20)33(30,31)26-14-5-4-6-15-26/h3,7-12,16,24H,1,4-6,13-15,17H2,2H3,(H,25,27). The molecular weight excluding hydrogens is 462 g/mol. The van der Waals surface area contributed by atoms with E-state index >= 15 is 0 Å². The van der Waals surface area contributed by atoms with Gasteiger partial charge in [-0.1, -0.05) is 30.7 Å². The van der Waals surface area contributed by atoms with Crippen LogP contribution in [0.25, 0.3) is 0 Å². The molecule has 1 saturated heterocycles.